The third-order valence-electron chi connectivity index (χ3n) is 4.24. The number of carbonyl (C=O) groups excluding carboxylic acids is 1. The van der Waals surface area contributed by atoms with E-state index >= 15 is 0 Å². The lowest BCUT2D eigenvalue weighted by atomic mass is 10.0. The molecule has 4 rings (SSSR count). The van der Waals surface area contributed by atoms with E-state index in [0.717, 1.165) is 27.0 Å². The molecule has 2 aromatic carbocycles. The van der Waals surface area contributed by atoms with Gasteiger partial charge in [-0.2, -0.15) is 0 Å². The summed E-state index contributed by atoms with van der Waals surface area (Å²) in [6.07, 6.45) is 1.75. The summed E-state index contributed by atoms with van der Waals surface area (Å²) in [5, 5.41) is 1.64. The first kappa shape index (κ1) is 16.8. The molecule has 0 aliphatic rings. The molecule has 0 fully saturated rings. The minimum atomic E-state index is -0.0517. The van der Waals surface area contributed by atoms with Crippen molar-refractivity contribution in [3.05, 3.63) is 82.8 Å². The second-order valence-electron chi connectivity index (χ2n) is 5.87. The van der Waals surface area contributed by atoms with Crippen LogP contribution in [-0.4, -0.2) is 17.9 Å². The first-order chi connectivity index (χ1) is 12.6. The Kier molecular flexibility index (Phi) is 4.45. The maximum Gasteiger partial charge on any atom is 0.268 e. The van der Waals surface area contributed by atoms with Gasteiger partial charge in [0.25, 0.3) is 5.91 Å². The molecule has 3 nitrogen and oxygen atoms in total. The van der Waals surface area contributed by atoms with E-state index in [1.807, 2.05) is 66.7 Å². The number of para-hydroxylation sites is 1. The molecule has 0 N–H and O–H groups in total. The Hall–Kier alpha value is -2.69. The molecule has 128 valence electrons. The van der Waals surface area contributed by atoms with Crippen molar-refractivity contribution in [2.24, 2.45) is 0 Å². The van der Waals surface area contributed by atoms with E-state index in [9.17, 15) is 4.79 Å². The number of thiophene rings is 1. The molecular formula is C21H15ClN2OS. The molecule has 26 heavy (non-hydrogen) atoms. The van der Waals surface area contributed by atoms with Gasteiger partial charge < -0.3 is 4.90 Å². The Bertz CT molecular complexity index is 1070. The van der Waals surface area contributed by atoms with Gasteiger partial charge in [0.1, 0.15) is 9.71 Å². The van der Waals surface area contributed by atoms with Crippen LogP contribution in [0.5, 0.6) is 0 Å². The molecule has 0 saturated heterocycles. The quantitative estimate of drug-likeness (QED) is 0.445. The van der Waals surface area contributed by atoms with Gasteiger partial charge in [0, 0.05) is 34.9 Å². The Morgan fingerprint density at radius 2 is 1.73 bits per heavy atom. The third-order valence-corrected chi connectivity index (χ3v) is 5.60. The Morgan fingerprint density at radius 1 is 1.00 bits per heavy atom. The number of rotatable bonds is 3. The van der Waals surface area contributed by atoms with Gasteiger partial charge in [-0.3, -0.25) is 4.79 Å². The predicted molar refractivity (Wildman–Crippen MR) is 109 cm³/mol. The van der Waals surface area contributed by atoms with E-state index in [2.05, 4.69) is 4.98 Å². The highest BCUT2D eigenvalue weighted by molar-refractivity contribution is 7.21. The molecule has 0 unspecified atom stereocenters. The molecular weight excluding hydrogens is 364 g/mol. The zero-order chi connectivity index (χ0) is 18.1. The van der Waals surface area contributed by atoms with E-state index in [1.165, 1.54) is 11.3 Å². The zero-order valence-electron chi connectivity index (χ0n) is 14.0. The molecule has 0 aliphatic heterocycles. The lowest BCUT2D eigenvalue weighted by Gasteiger charge is -2.17. The van der Waals surface area contributed by atoms with Crippen LogP contribution < -0.4 is 4.90 Å². The van der Waals surface area contributed by atoms with Crippen molar-refractivity contribution in [3.63, 3.8) is 0 Å². The molecule has 0 aliphatic carbocycles. The van der Waals surface area contributed by atoms with Gasteiger partial charge in [-0.05, 0) is 42.0 Å². The highest BCUT2D eigenvalue weighted by atomic mass is 35.5. The van der Waals surface area contributed by atoms with Crippen molar-refractivity contribution in [2.45, 2.75) is 0 Å². The number of anilines is 1. The highest BCUT2D eigenvalue weighted by Gasteiger charge is 2.23. The topological polar surface area (TPSA) is 33.2 Å². The average molecular weight is 379 g/mol. The molecule has 0 bridgehead atoms. The minimum Gasteiger partial charge on any atom is -0.311 e. The SMILES string of the molecule is CN(C(=O)c1sc2ncccc2c1-c1ccc(Cl)cc1)c1ccccc1. The molecule has 0 atom stereocenters. The maximum absolute atomic E-state index is 13.3. The van der Waals surface area contributed by atoms with Crippen molar-refractivity contribution in [1.29, 1.82) is 0 Å². The fraction of sp³-hybridized carbons (Fsp3) is 0.0476. The first-order valence-corrected chi connectivity index (χ1v) is 9.31. The van der Waals surface area contributed by atoms with Crippen LogP contribution in [0.4, 0.5) is 5.69 Å². The smallest absolute Gasteiger partial charge is 0.268 e. The number of benzene rings is 2. The number of fused-ring (bicyclic) bond motifs is 1. The molecule has 0 spiro atoms. The predicted octanol–water partition coefficient (Wildman–Crippen LogP) is 5.89. The zero-order valence-corrected chi connectivity index (χ0v) is 15.6. The summed E-state index contributed by atoms with van der Waals surface area (Å²) in [7, 11) is 1.79. The van der Waals surface area contributed by atoms with Gasteiger partial charge in [0.05, 0.1) is 0 Å². The number of halogens is 1. The number of amides is 1. The summed E-state index contributed by atoms with van der Waals surface area (Å²) in [6, 6.07) is 21.1. The Labute approximate surface area is 160 Å². The second kappa shape index (κ2) is 6.90. The van der Waals surface area contributed by atoms with Crippen LogP contribution in [0.2, 0.25) is 5.02 Å². The number of nitrogens with zero attached hydrogens (tertiary/aromatic N) is 2. The van der Waals surface area contributed by atoms with Crippen LogP contribution in [-0.2, 0) is 0 Å². The molecule has 1 amide bonds. The Balaban J connectivity index is 1.88. The number of carbonyl (C=O) groups is 1. The van der Waals surface area contributed by atoms with Crippen LogP contribution in [0.15, 0.2) is 72.9 Å². The van der Waals surface area contributed by atoms with Gasteiger partial charge in [-0.25, -0.2) is 4.98 Å². The largest absolute Gasteiger partial charge is 0.311 e. The van der Waals surface area contributed by atoms with Crippen LogP contribution in [0.25, 0.3) is 21.3 Å². The summed E-state index contributed by atoms with van der Waals surface area (Å²) >= 11 is 7.46. The van der Waals surface area contributed by atoms with Crippen LogP contribution in [0.1, 0.15) is 9.67 Å². The molecule has 5 heteroatoms. The van der Waals surface area contributed by atoms with Crippen molar-refractivity contribution in [2.75, 3.05) is 11.9 Å². The third kappa shape index (κ3) is 2.98. The molecule has 0 radical (unpaired) electrons. The van der Waals surface area contributed by atoms with Crippen molar-refractivity contribution in [1.82, 2.24) is 4.98 Å². The number of hydrogen-bond donors (Lipinski definition) is 0. The summed E-state index contributed by atoms with van der Waals surface area (Å²) < 4.78 is 0. The van der Waals surface area contributed by atoms with Gasteiger partial charge >= 0.3 is 0 Å². The minimum absolute atomic E-state index is 0.0517. The lowest BCUT2D eigenvalue weighted by Crippen LogP contribution is -2.25. The van der Waals surface area contributed by atoms with Crippen LogP contribution >= 0.6 is 22.9 Å². The second-order valence-corrected chi connectivity index (χ2v) is 7.30. The number of hydrogen-bond acceptors (Lipinski definition) is 3. The lowest BCUT2D eigenvalue weighted by molar-refractivity contribution is 0.0997. The molecule has 4 aromatic rings. The van der Waals surface area contributed by atoms with Gasteiger partial charge in [-0.1, -0.05) is 41.9 Å². The summed E-state index contributed by atoms with van der Waals surface area (Å²) in [5.74, 6) is -0.0517. The van der Waals surface area contributed by atoms with Gasteiger partial charge in [-0.15, -0.1) is 11.3 Å². The monoisotopic (exact) mass is 378 g/mol. The van der Waals surface area contributed by atoms with E-state index in [1.54, 1.807) is 18.1 Å². The van der Waals surface area contributed by atoms with Crippen molar-refractivity contribution >= 4 is 44.7 Å². The fourth-order valence-corrected chi connectivity index (χ4v) is 4.17. The number of pyridine rings is 1. The molecule has 2 aromatic heterocycles. The highest BCUT2D eigenvalue weighted by Crippen LogP contribution is 2.39. The van der Waals surface area contributed by atoms with E-state index in [-0.39, 0.29) is 5.91 Å². The molecule has 0 saturated carbocycles. The maximum atomic E-state index is 13.3. The van der Waals surface area contributed by atoms with Gasteiger partial charge in [0.15, 0.2) is 0 Å². The summed E-state index contributed by atoms with van der Waals surface area (Å²) in [4.78, 5) is 20.9. The van der Waals surface area contributed by atoms with Crippen molar-refractivity contribution < 1.29 is 4.79 Å². The standard InChI is InChI=1S/C21H15ClN2OS/c1-24(16-6-3-2-4-7-16)21(25)19-18(14-9-11-15(22)12-10-14)17-8-5-13-23-20(17)26-19/h2-13H,1H3. The summed E-state index contributed by atoms with van der Waals surface area (Å²) in [6.45, 7) is 0. The van der Waals surface area contributed by atoms with E-state index in [0.29, 0.717) is 9.90 Å². The average Bonchev–Trinajstić information content (AvgIpc) is 3.07. The first-order valence-electron chi connectivity index (χ1n) is 8.11. The number of aromatic nitrogens is 1. The van der Waals surface area contributed by atoms with Crippen LogP contribution in [0, 0.1) is 0 Å². The van der Waals surface area contributed by atoms with E-state index < -0.39 is 0 Å². The van der Waals surface area contributed by atoms with E-state index in [4.69, 9.17) is 11.6 Å². The van der Waals surface area contributed by atoms with Gasteiger partial charge in [0.2, 0.25) is 0 Å². The van der Waals surface area contributed by atoms with Crippen LogP contribution in [0.3, 0.4) is 0 Å². The molecule has 2 heterocycles. The normalized spacial score (nSPS) is 10.8. The fourth-order valence-electron chi connectivity index (χ4n) is 2.91. The summed E-state index contributed by atoms with van der Waals surface area (Å²) in [5.41, 5.74) is 2.71. The Morgan fingerprint density at radius 3 is 2.46 bits per heavy atom. The van der Waals surface area contributed by atoms with Crippen molar-refractivity contribution in [3.8, 4) is 11.1 Å².